The molecule has 0 N–H and O–H groups in total. The summed E-state index contributed by atoms with van der Waals surface area (Å²) in [6.45, 7) is 11.1. The molecule has 0 bridgehead atoms. The molecule has 0 aliphatic heterocycles. The molecule has 1 rings (SSSR count). The predicted molar refractivity (Wildman–Crippen MR) is 90.9 cm³/mol. The lowest BCUT2D eigenvalue weighted by atomic mass is 9.67. The highest BCUT2D eigenvalue weighted by Gasteiger charge is 2.48. The lowest BCUT2D eigenvalue weighted by Gasteiger charge is -2.37. The molecule has 1 aliphatic carbocycles. The van der Waals surface area contributed by atoms with E-state index in [0.717, 1.165) is 32.1 Å². The van der Waals surface area contributed by atoms with Crippen molar-refractivity contribution in [1.82, 2.24) is 0 Å². The SMILES string of the molecule is CC(C)CCOC(=O)C1CCCCC1(C)C(=O)OCCC(C)C. The molecule has 0 saturated heterocycles. The van der Waals surface area contributed by atoms with Gasteiger partial charge in [0.25, 0.3) is 0 Å². The normalized spacial score (nSPS) is 24.7. The monoisotopic (exact) mass is 326 g/mol. The first-order chi connectivity index (χ1) is 10.8. The maximum absolute atomic E-state index is 12.6. The molecule has 0 amide bonds. The van der Waals surface area contributed by atoms with E-state index in [9.17, 15) is 9.59 Å². The number of rotatable bonds is 8. The Morgan fingerprint density at radius 2 is 1.57 bits per heavy atom. The molecule has 1 saturated carbocycles. The molecule has 0 heterocycles. The third-order valence-corrected chi connectivity index (χ3v) is 4.83. The fraction of sp³-hybridized carbons (Fsp3) is 0.895. The first-order valence-corrected chi connectivity index (χ1v) is 9.11. The lowest BCUT2D eigenvalue weighted by molar-refractivity contribution is -0.172. The zero-order valence-corrected chi connectivity index (χ0v) is 15.5. The minimum Gasteiger partial charge on any atom is -0.465 e. The van der Waals surface area contributed by atoms with Crippen molar-refractivity contribution < 1.29 is 19.1 Å². The van der Waals surface area contributed by atoms with Gasteiger partial charge in [0, 0.05) is 0 Å². The second-order valence-electron chi connectivity index (χ2n) is 7.88. The van der Waals surface area contributed by atoms with E-state index in [4.69, 9.17) is 9.47 Å². The highest BCUT2D eigenvalue weighted by atomic mass is 16.5. The first-order valence-electron chi connectivity index (χ1n) is 9.11. The zero-order valence-electron chi connectivity index (χ0n) is 15.5. The van der Waals surface area contributed by atoms with Crippen LogP contribution in [0.25, 0.3) is 0 Å². The summed E-state index contributed by atoms with van der Waals surface area (Å²) in [5, 5.41) is 0. The molecule has 23 heavy (non-hydrogen) atoms. The fourth-order valence-electron chi connectivity index (χ4n) is 3.00. The average Bonchev–Trinajstić information content (AvgIpc) is 2.46. The second kappa shape index (κ2) is 9.29. The van der Waals surface area contributed by atoms with Gasteiger partial charge in [0.15, 0.2) is 0 Å². The van der Waals surface area contributed by atoms with Crippen molar-refractivity contribution in [3.05, 3.63) is 0 Å². The molecule has 4 heteroatoms. The van der Waals surface area contributed by atoms with Crippen molar-refractivity contribution in [2.75, 3.05) is 13.2 Å². The Bertz CT molecular complexity index is 389. The molecule has 1 fully saturated rings. The Kier molecular flexibility index (Phi) is 8.07. The molecular formula is C19H34O4. The van der Waals surface area contributed by atoms with Crippen LogP contribution in [0.2, 0.25) is 0 Å². The van der Waals surface area contributed by atoms with Crippen LogP contribution >= 0.6 is 0 Å². The number of ether oxygens (including phenoxy) is 2. The van der Waals surface area contributed by atoms with Gasteiger partial charge < -0.3 is 9.47 Å². The van der Waals surface area contributed by atoms with E-state index in [1.54, 1.807) is 0 Å². The van der Waals surface area contributed by atoms with Gasteiger partial charge in [-0.1, -0.05) is 40.5 Å². The minimum absolute atomic E-state index is 0.228. The third kappa shape index (κ3) is 6.15. The standard InChI is InChI=1S/C19H34O4/c1-14(2)9-12-22-17(20)16-8-6-7-11-19(16,5)18(21)23-13-10-15(3)4/h14-16H,6-13H2,1-5H3. The number of carbonyl (C=O) groups excluding carboxylic acids is 2. The molecular weight excluding hydrogens is 292 g/mol. The molecule has 0 spiro atoms. The van der Waals surface area contributed by atoms with Gasteiger partial charge in [-0.2, -0.15) is 0 Å². The average molecular weight is 326 g/mol. The van der Waals surface area contributed by atoms with Crippen LogP contribution in [-0.4, -0.2) is 25.2 Å². The first kappa shape index (κ1) is 20.0. The summed E-state index contributed by atoms with van der Waals surface area (Å²) >= 11 is 0. The van der Waals surface area contributed by atoms with Crippen molar-refractivity contribution in [3.8, 4) is 0 Å². The van der Waals surface area contributed by atoms with E-state index in [-0.39, 0.29) is 17.9 Å². The second-order valence-corrected chi connectivity index (χ2v) is 7.88. The molecule has 0 aromatic carbocycles. The Hall–Kier alpha value is -1.06. The summed E-state index contributed by atoms with van der Waals surface area (Å²) in [4.78, 5) is 25.0. The van der Waals surface area contributed by atoms with Crippen LogP contribution in [0.15, 0.2) is 0 Å². The Labute approximate surface area is 141 Å². The lowest BCUT2D eigenvalue weighted by Crippen LogP contribution is -2.44. The quantitative estimate of drug-likeness (QED) is 0.622. The third-order valence-electron chi connectivity index (χ3n) is 4.83. The minimum atomic E-state index is -0.732. The van der Waals surface area contributed by atoms with E-state index in [0.29, 0.717) is 31.5 Å². The largest absolute Gasteiger partial charge is 0.465 e. The van der Waals surface area contributed by atoms with Crippen LogP contribution in [0.1, 0.15) is 73.1 Å². The summed E-state index contributed by atoms with van der Waals surface area (Å²) in [7, 11) is 0. The van der Waals surface area contributed by atoms with Crippen LogP contribution in [0.4, 0.5) is 0 Å². The van der Waals surface area contributed by atoms with Gasteiger partial charge in [-0.3, -0.25) is 9.59 Å². The summed E-state index contributed by atoms with van der Waals surface area (Å²) in [5.74, 6) is 0.174. The highest BCUT2D eigenvalue weighted by molar-refractivity contribution is 5.85. The van der Waals surface area contributed by atoms with E-state index >= 15 is 0 Å². The van der Waals surface area contributed by atoms with E-state index in [2.05, 4.69) is 27.7 Å². The number of esters is 2. The van der Waals surface area contributed by atoms with Gasteiger partial charge in [-0.15, -0.1) is 0 Å². The number of hydrogen-bond donors (Lipinski definition) is 0. The molecule has 2 unspecified atom stereocenters. The molecule has 1 aliphatic rings. The van der Waals surface area contributed by atoms with Crippen LogP contribution in [0.5, 0.6) is 0 Å². The molecule has 0 aromatic heterocycles. The van der Waals surface area contributed by atoms with Crippen LogP contribution in [-0.2, 0) is 19.1 Å². The summed E-state index contributed by atoms with van der Waals surface area (Å²) in [5.41, 5.74) is -0.732. The van der Waals surface area contributed by atoms with Gasteiger partial charge in [0.2, 0.25) is 0 Å². The molecule has 0 aromatic rings. The van der Waals surface area contributed by atoms with Crippen LogP contribution < -0.4 is 0 Å². The number of hydrogen-bond acceptors (Lipinski definition) is 4. The van der Waals surface area contributed by atoms with Crippen molar-refractivity contribution >= 4 is 11.9 Å². The van der Waals surface area contributed by atoms with Gasteiger partial charge in [-0.05, 0) is 44.4 Å². The van der Waals surface area contributed by atoms with Crippen molar-refractivity contribution in [2.24, 2.45) is 23.2 Å². The zero-order chi connectivity index (χ0) is 17.5. The topological polar surface area (TPSA) is 52.6 Å². The Balaban J connectivity index is 2.63. The maximum Gasteiger partial charge on any atom is 0.312 e. The van der Waals surface area contributed by atoms with Gasteiger partial charge in [0.1, 0.15) is 0 Å². The number of carbonyl (C=O) groups is 2. The van der Waals surface area contributed by atoms with Crippen LogP contribution in [0.3, 0.4) is 0 Å². The van der Waals surface area contributed by atoms with E-state index in [1.165, 1.54) is 0 Å². The van der Waals surface area contributed by atoms with Gasteiger partial charge >= 0.3 is 11.9 Å². The van der Waals surface area contributed by atoms with Gasteiger partial charge in [0.05, 0.1) is 24.5 Å². The molecule has 2 atom stereocenters. The highest BCUT2D eigenvalue weighted by Crippen LogP contribution is 2.42. The molecule has 0 radical (unpaired) electrons. The van der Waals surface area contributed by atoms with Gasteiger partial charge in [-0.25, -0.2) is 0 Å². The van der Waals surface area contributed by atoms with Crippen molar-refractivity contribution in [3.63, 3.8) is 0 Å². The Morgan fingerprint density at radius 3 is 2.13 bits per heavy atom. The van der Waals surface area contributed by atoms with Crippen molar-refractivity contribution in [1.29, 1.82) is 0 Å². The molecule has 4 nitrogen and oxygen atoms in total. The van der Waals surface area contributed by atoms with E-state index in [1.807, 2.05) is 6.92 Å². The Morgan fingerprint density at radius 1 is 1.00 bits per heavy atom. The van der Waals surface area contributed by atoms with E-state index < -0.39 is 5.41 Å². The summed E-state index contributed by atoms with van der Waals surface area (Å²) < 4.78 is 10.9. The van der Waals surface area contributed by atoms with Crippen molar-refractivity contribution in [2.45, 2.75) is 73.1 Å². The maximum atomic E-state index is 12.6. The summed E-state index contributed by atoms with van der Waals surface area (Å²) in [6.07, 6.45) is 5.07. The smallest absolute Gasteiger partial charge is 0.312 e. The van der Waals surface area contributed by atoms with Crippen LogP contribution in [0, 0.1) is 23.2 Å². The summed E-state index contributed by atoms with van der Waals surface area (Å²) in [6, 6.07) is 0. The predicted octanol–water partition coefficient (Wildman–Crippen LogP) is 4.36. The fourth-order valence-corrected chi connectivity index (χ4v) is 3.00. The molecule has 134 valence electrons.